The Bertz CT molecular complexity index is 1300. The molecule has 1 aromatic carbocycles. The number of nitrogens with two attached hydrogens (primary N) is 1. The lowest BCUT2D eigenvalue weighted by Gasteiger charge is -2.23. The number of benzene rings is 1. The number of aryl methyl sites for hydroxylation is 1. The molecule has 4 rings (SSSR count). The quantitative estimate of drug-likeness (QED) is 0.445. The van der Waals surface area contributed by atoms with Gasteiger partial charge in [-0.2, -0.15) is 13.2 Å². The van der Waals surface area contributed by atoms with Crippen molar-refractivity contribution in [1.29, 1.82) is 0 Å². The number of nitrogen functional groups attached to an aromatic ring is 1. The number of alkyl halides is 5. The van der Waals surface area contributed by atoms with Gasteiger partial charge in [-0.15, -0.1) is 0 Å². The number of pyridine rings is 1. The molecule has 0 bridgehead atoms. The van der Waals surface area contributed by atoms with E-state index >= 15 is 0 Å². The smallest absolute Gasteiger partial charge is 0.399 e. The molecule has 0 spiro atoms. The number of fused-ring (bicyclic) bond motifs is 1. The molecule has 1 saturated carbocycles. The number of hydrogen-bond acceptors (Lipinski definition) is 5. The Kier molecular flexibility index (Phi) is 5.29. The molecule has 0 radical (unpaired) electrons. The fourth-order valence-corrected chi connectivity index (χ4v) is 3.89. The minimum atomic E-state index is -4.94. The van der Waals surface area contributed by atoms with E-state index < -0.39 is 35.1 Å². The van der Waals surface area contributed by atoms with Gasteiger partial charge in [-0.1, -0.05) is 0 Å². The van der Waals surface area contributed by atoms with Crippen LogP contribution in [0.4, 0.5) is 37.8 Å². The van der Waals surface area contributed by atoms with Crippen LogP contribution < -0.4 is 16.2 Å². The summed E-state index contributed by atoms with van der Waals surface area (Å²) in [4.78, 5) is 22.3. The average molecular weight is 471 g/mol. The van der Waals surface area contributed by atoms with Gasteiger partial charge in [0.1, 0.15) is 23.0 Å². The first-order chi connectivity index (χ1) is 15.3. The molecular weight excluding hydrogens is 452 g/mol. The maximum atomic E-state index is 14.6. The van der Waals surface area contributed by atoms with Crippen LogP contribution >= 0.6 is 0 Å². The third-order valence-corrected chi connectivity index (χ3v) is 5.72. The first kappa shape index (κ1) is 22.9. The van der Waals surface area contributed by atoms with Crippen LogP contribution in [-0.2, 0) is 18.3 Å². The second kappa shape index (κ2) is 7.63. The number of aromatic nitrogens is 3. The molecule has 176 valence electrons. The molecule has 6 nitrogen and oxygen atoms in total. The lowest BCUT2D eigenvalue weighted by Crippen LogP contribution is -2.35. The number of halogens is 6. The van der Waals surface area contributed by atoms with Gasteiger partial charge in [0.05, 0.1) is 16.5 Å². The van der Waals surface area contributed by atoms with Crippen molar-refractivity contribution >= 4 is 22.4 Å². The highest BCUT2D eigenvalue weighted by Gasteiger charge is 2.53. The molecule has 0 atom stereocenters. The highest BCUT2D eigenvalue weighted by atomic mass is 19.4. The van der Waals surface area contributed by atoms with E-state index in [0.29, 0.717) is 6.07 Å². The molecule has 1 aliphatic carbocycles. The van der Waals surface area contributed by atoms with Crippen molar-refractivity contribution in [2.45, 2.75) is 44.5 Å². The zero-order valence-electron chi connectivity index (χ0n) is 17.6. The summed E-state index contributed by atoms with van der Waals surface area (Å²) in [7, 11) is 1.45. The van der Waals surface area contributed by atoms with E-state index in [2.05, 4.69) is 9.97 Å². The fourth-order valence-electron chi connectivity index (χ4n) is 3.89. The second-order valence-corrected chi connectivity index (χ2v) is 8.17. The van der Waals surface area contributed by atoms with Gasteiger partial charge in [-0.25, -0.2) is 23.1 Å². The van der Waals surface area contributed by atoms with Gasteiger partial charge in [-0.3, -0.25) is 4.79 Å². The third-order valence-electron chi connectivity index (χ3n) is 5.72. The lowest BCUT2D eigenvalue weighted by atomic mass is 10.1. The molecule has 3 aromatic rings. The Hall–Kier alpha value is -3.31. The molecule has 12 heteroatoms. The summed E-state index contributed by atoms with van der Waals surface area (Å²) in [5.41, 5.74) is 1.40. The van der Waals surface area contributed by atoms with E-state index in [1.165, 1.54) is 25.1 Å². The van der Waals surface area contributed by atoms with Crippen LogP contribution in [0.15, 0.2) is 29.2 Å². The SMILES string of the molecule is Cc1nc(N(C)Cc2cc(N)cc(C(F)(F)F)c2F)c2cn(C3(C(F)F)CC3)c(=O)cc2n1. The predicted molar refractivity (Wildman–Crippen MR) is 110 cm³/mol. The zero-order valence-corrected chi connectivity index (χ0v) is 17.6. The predicted octanol–water partition coefficient (Wildman–Crippen LogP) is 4.23. The summed E-state index contributed by atoms with van der Waals surface area (Å²) in [5, 5.41) is 0.231. The molecule has 0 amide bonds. The van der Waals surface area contributed by atoms with Crippen LogP contribution in [0.5, 0.6) is 0 Å². The standard InChI is InChI=1S/C21H19F6N5O/c1-10-29-15-7-16(33)32(20(3-4-20)19(23)24)9-13(15)18(30-10)31(2)8-11-5-12(28)6-14(17(11)22)21(25,26)27/h5-7,9,19H,3-4,8,28H2,1-2H3. The summed E-state index contributed by atoms with van der Waals surface area (Å²) < 4.78 is 82.3. The van der Waals surface area contributed by atoms with Crippen molar-refractivity contribution < 1.29 is 26.3 Å². The topological polar surface area (TPSA) is 77.0 Å². The maximum absolute atomic E-state index is 14.6. The normalized spacial score (nSPS) is 15.3. The van der Waals surface area contributed by atoms with Crippen molar-refractivity contribution in [2.24, 2.45) is 0 Å². The lowest BCUT2D eigenvalue weighted by molar-refractivity contribution is -0.140. The van der Waals surface area contributed by atoms with Gasteiger partial charge in [0.25, 0.3) is 12.0 Å². The summed E-state index contributed by atoms with van der Waals surface area (Å²) in [6.07, 6.45) is -6.21. The van der Waals surface area contributed by atoms with Crippen molar-refractivity contribution in [3.63, 3.8) is 0 Å². The summed E-state index contributed by atoms with van der Waals surface area (Å²) in [5.74, 6) is -1.09. The van der Waals surface area contributed by atoms with Gasteiger partial charge < -0.3 is 15.2 Å². The molecule has 33 heavy (non-hydrogen) atoms. The molecule has 2 aromatic heterocycles. The molecule has 0 unspecified atom stereocenters. The Balaban J connectivity index is 1.82. The van der Waals surface area contributed by atoms with Crippen LogP contribution in [0.1, 0.15) is 29.8 Å². The highest BCUT2D eigenvalue weighted by molar-refractivity contribution is 5.88. The Morgan fingerprint density at radius 1 is 1.21 bits per heavy atom. The molecule has 0 saturated heterocycles. The average Bonchev–Trinajstić information content (AvgIpc) is 3.50. The Morgan fingerprint density at radius 2 is 1.88 bits per heavy atom. The monoisotopic (exact) mass is 471 g/mol. The number of rotatable bonds is 5. The van der Waals surface area contributed by atoms with Crippen molar-refractivity contribution in [3.8, 4) is 0 Å². The van der Waals surface area contributed by atoms with Crippen LogP contribution in [0, 0.1) is 12.7 Å². The Morgan fingerprint density at radius 3 is 2.45 bits per heavy atom. The minimum absolute atomic E-state index is 0.128. The van der Waals surface area contributed by atoms with Gasteiger partial charge in [0.2, 0.25) is 0 Å². The molecule has 1 fully saturated rings. The summed E-state index contributed by atoms with van der Waals surface area (Å²) >= 11 is 0. The van der Waals surface area contributed by atoms with E-state index in [-0.39, 0.29) is 53.2 Å². The summed E-state index contributed by atoms with van der Waals surface area (Å²) in [6.45, 7) is 1.18. The molecule has 2 N–H and O–H groups in total. The fraction of sp³-hybridized carbons (Fsp3) is 0.381. The number of hydrogen-bond donors (Lipinski definition) is 1. The van der Waals surface area contributed by atoms with Crippen LogP contribution in [-0.4, -0.2) is 28.0 Å². The third kappa shape index (κ3) is 3.98. The van der Waals surface area contributed by atoms with E-state index in [4.69, 9.17) is 5.73 Å². The highest BCUT2D eigenvalue weighted by Crippen LogP contribution is 2.48. The summed E-state index contributed by atoms with van der Waals surface area (Å²) in [6, 6.07) is 2.72. The Labute approximate surface area is 183 Å². The maximum Gasteiger partial charge on any atom is 0.419 e. The first-order valence-corrected chi connectivity index (χ1v) is 9.89. The molecular formula is C21H19F6N5O. The second-order valence-electron chi connectivity index (χ2n) is 8.17. The van der Waals surface area contributed by atoms with E-state index in [0.717, 1.165) is 16.7 Å². The van der Waals surface area contributed by atoms with Crippen LogP contribution in [0.2, 0.25) is 0 Å². The van der Waals surface area contributed by atoms with E-state index in [1.807, 2.05) is 0 Å². The van der Waals surface area contributed by atoms with Crippen molar-refractivity contribution in [1.82, 2.24) is 14.5 Å². The molecule has 1 aliphatic rings. The van der Waals surface area contributed by atoms with Gasteiger partial charge in [0, 0.05) is 37.1 Å². The first-order valence-electron chi connectivity index (χ1n) is 9.89. The van der Waals surface area contributed by atoms with Crippen LogP contribution in [0.3, 0.4) is 0 Å². The zero-order chi connectivity index (χ0) is 24.3. The number of nitrogens with zero attached hydrogens (tertiary/aromatic N) is 4. The van der Waals surface area contributed by atoms with Crippen molar-refractivity contribution in [2.75, 3.05) is 17.7 Å². The minimum Gasteiger partial charge on any atom is -0.399 e. The van der Waals surface area contributed by atoms with Gasteiger partial charge in [0.15, 0.2) is 0 Å². The molecule has 0 aliphatic heterocycles. The van der Waals surface area contributed by atoms with Gasteiger partial charge >= 0.3 is 6.18 Å². The largest absolute Gasteiger partial charge is 0.419 e. The molecule has 2 heterocycles. The van der Waals surface area contributed by atoms with Gasteiger partial charge in [-0.05, 0) is 31.9 Å². The van der Waals surface area contributed by atoms with E-state index in [1.54, 1.807) is 0 Å². The number of anilines is 2. The van der Waals surface area contributed by atoms with E-state index in [9.17, 15) is 31.1 Å². The van der Waals surface area contributed by atoms with Crippen molar-refractivity contribution in [3.05, 3.63) is 57.5 Å². The van der Waals surface area contributed by atoms with Crippen LogP contribution in [0.25, 0.3) is 10.9 Å².